The first-order chi connectivity index (χ1) is 10.6. The summed E-state index contributed by atoms with van der Waals surface area (Å²) in [5.41, 5.74) is 1.81. The summed E-state index contributed by atoms with van der Waals surface area (Å²) in [5, 5.41) is 9.22. The standard InChI is InChI=1S/C17H19N3O2/c1-17(2)5-3-4-14-11-22-16-12(6-18)7-19-8-13(16)9-20(14)15(17)10-21/h7-8,14H,3-5,9,11H2,1-2H3/t14-/m0/s1. The fourth-order valence-corrected chi connectivity index (χ4v) is 3.42. The number of nitrogens with zero attached hydrogens (tertiary/aromatic N) is 3. The summed E-state index contributed by atoms with van der Waals surface area (Å²) < 4.78 is 5.91. The molecule has 2 aliphatic heterocycles. The quantitative estimate of drug-likeness (QED) is 0.688. The summed E-state index contributed by atoms with van der Waals surface area (Å²) in [4.78, 5) is 17.8. The second-order valence-corrected chi connectivity index (χ2v) is 6.61. The molecule has 0 spiro atoms. The number of aromatic nitrogens is 1. The first-order valence-corrected chi connectivity index (χ1v) is 7.59. The number of nitriles is 1. The molecule has 3 rings (SSSR count). The molecule has 1 fully saturated rings. The zero-order valence-corrected chi connectivity index (χ0v) is 12.9. The van der Waals surface area contributed by atoms with Gasteiger partial charge >= 0.3 is 0 Å². The highest BCUT2D eigenvalue weighted by atomic mass is 16.5. The third kappa shape index (κ3) is 2.36. The molecule has 5 nitrogen and oxygen atoms in total. The Kier molecular flexibility index (Phi) is 3.64. The highest BCUT2D eigenvalue weighted by Crippen LogP contribution is 2.41. The zero-order chi connectivity index (χ0) is 15.7. The van der Waals surface area contributed by atoms with Gasteiger partial charge in [-0.05, 0) is 12.8 Å². The maximum atomic E-state index is 11.6. The lowest BCUT2D eigenvalue weighted by atomic mass is 9.85. The van der Waals surface area contributed by atoms with Crippen molar-refractivity contribution in [1.82, 2.24) is 9.88 Å². The fourth-order valence-electron chi connectivity index (χ4n) is 3.42. The van der Waals surface area contributed by atoms with Gasteiger partial charge in [0, 0.05) is 29.9 Å². The largest absolute Gasteiger partial charge is 0.490 e. The van der Waals surface area contributed by atoms with Crippen LogP contribution in [0.2, 0.25) is 0 Å². The molecule has 0 N–H and O–H groups in total. The molecule has 0 radical (unpaired) electrons. The Morgan fingerprint density at radius 1 is 1.45 bits per heavy atom. The van der Waals surface area contributed by atoms with Crippen LogP contribution in [-0.4, -0.2) is 28.5 Å². The van der Waals surface area contributed by atoms with E-state index in [0.717, 1.165) is 24.8 Å². The first kappa shape index (κ1) is 14.6. The lowest BCUT2D eigenvalue weighted by molar-refractivity contribution is 0.164. The third-order valence-corrected chi connectivity index (χ3v) is 4.66. The van der Waals surface area contributed by atoms with Crippen molar-refractivity contribution in [3.63, 3.8) is 0 Å². The van der Waals surface area contributed by atoms with Gasteiger partial charge in [-0.15, -0.1) is 0 Å². The van der Waals surface area contributed by atoms with Gasteiger partial charge in [-0.2, -0.15) is 5.26 Å². The molecule has 114 valence electrons. The summed E-state index contributed by atoms with van der Waals surface area (Å²) >= 11 is 0. The van der Waals surface area contributed by atoms with Crippen LogP contribution < -0.4 is 4.74 Å². The van der Waals surface area contributed by atoms with Crippen LogP contribution in [0.4, 0.5) is 0 Å². The second kappa shape index (κ2) is 5.47. The molecular formula is C17H19N3O2. The minimum Gasteiger partial charge on any atom is -0.490 e. The number of allylic oxidation sites excluding steroid dienone is 1. The smallest absolute Gasteiger partial charge is 0.146 e. The molecule has 0 amide bonds. The summed E-state index contributed by atoms with van der Waals surface area (Å²) in [7, 11) is 0. The van der Waals surface area contributed by atoms with Crippen LogP contribution in [0.25, 0.3) is 0 Å². The van der Waals surface area contributed by atoms with Gasteiger partial charge < -0.3 is 9.64 Å². The maximum absolute atomic E-state index is 11.6. The van der Waals surface area contributed by atoms with Crippen molar-refractivity contribution in [2.24, 2.45) is 5.41 Å². The predicted octanol–water partition coefficient (Wildman–Crippen LogP) is 2.44. The van der Waals surface area contributed by atoms with Gasteiger partial charge in [0.25, 0.3) is 0 Å². The van der Waals surface area contributed by atoms with Gasteiger partial charge in [0.2, 0.25) is 0 Å². The van der Waals surface area contributed by atoms with Crippen molar-refractivity contribution in [3.8, 4) is 11.8 Å². The first-order valence-electron chi connectivity index (χ1n) is 7.59. The number of carbonyl (C=O) groups excluding carboxylic acids is 1. The van der Waals surface area contributed by atoms with E-state index in [4.69, 9.17) is 4.74 Å². The number of fused-ring (bicyclic) bond motifs is 2. The van der Waals surface area contributed by atoms with Gasteiger partial charge in [-0.1, -0.05) is 20.3 Å². The molecule has 0 aliphatic carbocycles. The Morgan fingerprint density at radius 3 is 3.00 bits per heavy atom. The molecule has 0 saturated carbocycles. The Hall–Kier alpha value is -2.31. The Labute approximate surface area is 130 Å². The number of hydrogen-bond acceptors (Lipinski definition) is 5. The van der Waals surface area contributed by atoms with E-state index < -0.39 is 0 Å². The number of ether oxygens (including phenoxy) is 1. The van der Waals surface area contributed by atoms with Crippen molar-refractivity contribution in [2.45, 2.75) is 45.7 Å². The van der Waals surface area contributed by atoms with Crippen molar-refractivity contribution in [1.29, 1.82) is 5.26 Å². The molecule has 0 aromatic carbocycles. The molecular weight excluding hydrogens is 278 g/mol. The maximum Gasteiger partial charge on any atom is 0.146 e. The Bertz CT molecular complexity index is 684. The van der Waals surface area contributed by atoms with Gasteiger partial charge in [0.05, 0.1) is 6.04 Å². The van der Waals surface area contributed by atoms with Gasteiger partial charge in [-0.25, -0.2) is 4.79 Å². The zero-order valence-electron chi connectivity index (χ0n) is 12.9. The van der Waals surface area contributed by atoms with Gasteiger partial charge in [-0.3, -0.25) is 4.98 Å². The monoisotopic (exact) mass is 297 g/mol. The predicted molar refractivity (Wildman–Crippen MR) is 80.6 cm³/mol. The summed E-state index contributed by atoms with van der Waals surface area (Å²) in [6, 6.07) is 2.26. The number of rotatable bonds is 0. The topological polar surface area (TPSA) is 66.2 Å². The normalized spacial score (nSPS) is 23.0. The number of hydrogen-bond donors (Lipinski definition) is 0. The van der Waals surface area contributed by atoms with E-state index in [9.17, 15) is 10.1 Å². The summed E-state index contributed by atoms with van der Waals surface area (Å²) in [6.07, 6.45) is 6.23. The van der Waals surface area contributed by atoms with E-state index >= 15 is 0 Å². The number of pyridine rings is 1. The highest BCUT2D eigenvalue weighted by Gasteiger charge is 2.38. The fraction of sp³-hybridized carbons (Fsp3) is 0.529. The van der Waals surface area contributed by atoms with Crippen LogP contribution >= 0.6 is 0 Å². The van der Waals surface area contributed by atoms with Crippen LogP contribution in [-0.2, 0) is 11.3 Å². The Morgan fingerprint density at radius 2 is 2.27 bits per heavy atom. The lowest BCUT2D eigenvalue weighted by Crippen LogP contribution is -2.39. The van der Waals surface area contributed by atoms with E-state index in [1.54, 1.807) is 6.20 Å². The highest BCUT2D eigenvalue weighted by molar-refractivity contribution is 5.55. The van der Waals surface area contributed by atoms with Crippen molar-refractivity contribution in [3.05, 3.63) is 29.2 Å². The molecule has 0 unspecified atom stereocenters. The summed E-state index contributed by atoms with van der Waals surface area (Å²) in [5.74, 6) is 2.78. The minimum absolute atomic E-state index is 0.136. The van der Waals surface area contributed by atoms with E-state index in [2.05, 4.69) is 35.7 Å². The van der Waals surface area contributed by atoms with Gasteiger partial charge in [0.15, 0.2) is 0 Å². The van der Waals surface area contributed by atoms with Crippen LogP contribution in [0.5, 0.6) is 5.75 Å². The second-order valence-electron chi connectivity index (χ2n) is 6.61. The van der Waals surface area contributed by atoms with Crippen LogP contribution in [0, 0.1) is 16.7 Å². The van der Waals surface area contributed by atoms with Crippen LogP contribution in [0.1, 0.15) is 44.2 Å². The molecule has 3 heterocycles. The average Bonchev–Trinajstić information content (AvgIpc) is 2.73. The SMILES string of the molecule is CC1(C)CCC[C@H]2COc3c(C#N)cncc3CN2C1=C=O. The molecule has 1 aromatic rings. The third-order valence-electron chi connectivity index (χ3n) is 4.66. The summed E-state index contributed by atoms with van der Waals surface area (Å²) in [6.45, 7) is 5.20. The van der Waals surface area contributed by atoms with Crippen molar-refractivity contribution >= 4 is 5.94 Å². The van der Waals surface area contributed by atoms with E-state index in [1.165, 1.54) is 6.20 Å². The van der Waals surface area contributed by atoms with Crippen molar-refractivity contribution in [2.75, 3.05) is 6.61 Å². The van der Waals surface area contributed by atoms with Gasteiger partial charge in [0.1, 0.15) is 35.6 Å². The molecule has 0 bridgehead atoms. The van der Waals surface area contributed by atoms with E-state index in [0.29, 0.717) is 30.2 Å². The molecule has 1 atom stereocenters. The van der Waals surface area contributed by atoms with Crippen molar-refractivity contribution < 1.29 is 9.53 Å². The van der Waals surface area contributed by atoms with Crippen LogP contribution in [0.3, 0.4) is 0 Å². The molecule has 5 heteroatoms. The average molecular weight is 297 g/mol. The van der Waals surface area contributed by atoms with E-state index in [-0.39, 0.29) is 11.5 Å². The van der Waals surface area contributed by atoms with E-state index in [1.807, 2.05) is 0 Å². The van der Waals surface area contributed by atoms with Crippen LogP contribution in [0.15, 0.2) is 18.1 Å². The molecule has 1 aromatic heterocycles. The minimum atomic E-state index is -0.193. The lowest BCUT2D eigenvalue weighted by Gasteiger charge is -2.34. The molecule has 2 aliphatic rings. The molecule has 1 saturated heterocycles. The molecule has 22 heavy (non-hydrogen) atoms. The Balaban J connectivity index is 2.06.